The van der Waals surface area contributed by atoms with E-state index in [-0.39, 0.29) is 23.1 Å². The summed E-state index contributed by atoms with van der Waals surface area (Å²) in [6.45, 7) is 0. The molecule has 0 heterocycles. The van der Waals surface area contributed by atoms with Crippen LogP contribution in [0.15, 0.2) is 66.2 Å². The van der Waals surface area contributed by atoms with Crippen molar-refractivity contribution in [2.24, 2.45) is 0 Å². The van der Waals surface area contributed by atoms with E-state index in [9.17, 15) is 22.8 Å². The highest BCUT2D eigenvalue weighted by Crippen LogP contribution is 2.29. The van der Waals surface area contributed by atoms with E-state index in [1.807, 2.05) is 0 Å². The van der Waals surface area contributed by atoms with Crippen LogP contribution in [-0.2, 0) is 33.3 Å². The van der Waals surface area contributed by atoms with E-state index in [1.54, 1.807) is 18.2 Å². The lowest BCUT2D eigenvalue weighted by Crippen LogP contribution is -2.48. The molecule has 1 aliphatic carbocycles. The van der Waals surface area contributed by atoms with Gasteiger partial charge in [-0.2, -0.15) is 8.42 Å². The fourth-order valence-electron chi connectivity index (χ4n) is 3.27. The third-order valence-electron chi connectivity index (χ3n) is 4.80. The summed E-state index contributed by atoms with van der Waals surface area (Å²) in [5, 5.41) is 0.397. The Morgan fingerprint density at radius 1 is 0.882 bits per heavy atom. The molecule has 2 aromatic rings. The van der Waals surface area contributed by atoms with Crippen LogP contribution in [0.3, 0.4) is 0 Å². The summed E-state index contributed by atoms with van der Waals surface area (Å²) in [4.78, 5) is 37.6. The van der Waals surface area contributed by atoms with Crippen molar-refractivity contribution in [2.45, 2.75) is 24.7 Å². The van der Waals surface area contributed by atoms with Gasteiger partial charge in [0.2, 0.25) is 0 Å². The van der Waals surface area contributed by atoms with Crippen molar-refractivity contribution in [3.8, 4) is 0 Å². The lowest BCUT2D eigenvalue weighted by molar-refractivity contribution is -0.137. The number of methoxy groups -OCH3 is 1. The minimum absolute atomic E-state index is 0.0237. The average molecular weight is 509 g/mol. The Bertz CT molecular complexity index is 1190. The van der Waals surface area contributed by atoms with Gasteiger partial charge in [-0.15, -0.1) is 0 Å². The predicted octanol–water partition coefficient (Wildman–Crippen LogP) is 2.94. The van der Waals surface area contributed by atoms with Crippen molar-refractivity contribution in [1.82, 2.24) is 0 Å². The number of esters is 3. The Kier molecular flexibility index (Phi) is 8.08. The molecule has 0 bridgehead atoms. The lowest BCUT2D eigenvalue weighted by atomic mass is 9.91. The molecule has 0 saturated heterocycles. The van der Waals surface area contributed by atoms with Gasteiger partial charge in [0.1, 0.15) is 6.10 Å². The van der Waals surface area contributed by atoms with Gasteiger partial charge in [0, 0.05) is 17.0 Å². The van der Waals surface area contributed by atoms with E-state index >= 15 is 0 Å². The van der Waals surface area contributed by atoms with Gasteiger partial charge in [-0.1, -0.05) is 29.8 Å². The summed E-state index contributed by atoms with van der Waals surface area (Å²) >= 11 is 5.84. The van der Waals surface area contributed by atoms with Crippen molar-refractivity contribution in [1.29, 1.82) is 0 Å². The van der Waals surface area contributed by atoms with Gasteiger partial charge in [0.15, 0.2) is 12.2 Å². The normalized spacial score (nSPS) is 20.1. The van der Waals surface area contributed by atoms with Crippen LogP contribution in [0.1, 0.15) is 27.1 Å². The van der Waals surface area contributed by atoms with Crippen molar-refractivity contribution >= 4 is 39.6 Å². The summed E-state index contributed by atoms with van der Waals surface area (Å²) in [7, 11) is -2.93. The van der Waals surface area contributed by atoms with Crippen molar-refractivity contribution < 1.29 is 41.2 Å². The fourth-order valence-corrected chi connectivity index (χ4v) is 4.04. The number of carbonyl (C=O) groups excluding carboxylic acids is 3. The van der Waals surface area contributed by atoms with Crippen LogP contribution in [0, 0.1) is 0 Å². The highest BCUT2D eigenvalue weighted by Gasteiger charge is 2.43. The summed E-state index contributed by atoms with van der Waals surface area (Å²) in [6, 6.07) is 13.7. The quantitative estimate of drug-likeness (QED) is 0.315. The zero-order valence-electron chi connectivity index (χ0n) is 18.2. The Labute approximate surface area is 201 Å². The first-order chi connectivity index (χ1) is 16.1. The predicted molar refractivity (Wildman–Crippen MR) is 121 cm³/mol. The zero-order chi connectivity index (χ0) is 24.9. The van der Waals surface area contributed by atoms with Crippen LogP contribution in [-0.4, -0.2) is 58.0 Å². The van der Waals surface area contributed by atoms with E-state index in [0.29, 0.717) is 5.02 Å². The molecule has 0 saturated carbocycles. The third-order valence-corrected chi connectivity index (χ3v) is 5.63. The maximum atomic E-state index is 12.7. The van der Waals surface area contributed by atoms with Crippen molar-refractivity contribution in [3.63, 3.8) is 0 Å². The van der Waals surface area contributed by atoms with Gasteiger partial charge < -0.3 is 14.2 Å². The Balaban J connectivity index is 1.96. The highest BCUT2D eigenvalue weighted by atomic mass is 35.5. The maximum absolute atomic E-state index is 12.7. The van der Waals surface area contributed by atoms with Crippen LogP contribution < -0.4 is 0 Å². The molecule has 1 aliphatic rings. The molecule has 0 amide bonds. The summed E-state index contributed by atoms with van der Waals surface area (Å²) in [5.74, 6) is -2.37. The number of rotatable bonds is 7. The first-order valence-corrected chi connectivity index (χ1v) is 12.2. The van der Waals surface area contributed by atoms with Gasteiger partial charge in [0.05, 0.1) is 24.5 Å². The average Bonchev–Trinajstić information content (AvgIpc) is 2.80. The molecule has 0 aliphatic heterocycles. The molecule has 0 unspecified atom stereocenters. The lowest BCUT2D eigenvalue weighted by Gasteiger charge is -2.34. The molecule has 0 spiro atoms. The largest absolute Gasteiger partial charge is 0.466 e. The van der Waals surface area contributed by atoms with Crippen LogP contribution in [0.4, 0.5) is 0 Å². The van der Waals surface area contributed by atoms with Crippen LogP contribution in [0.2, 0.25) is 5.02 Å². The molecule has 3 rings (SSSR count). The second-order valence-electron chi connectivity index (χ2n) is 7.34. The topological polar surface area (TPSA) is 122 Å². The Hall–Kier alpha value is -3.21. The molecular weight excluding hydrogens is 488 g/mol. The number of carbonyl (C=O) groups is 3. The highest BCUT2D eigenvalue weighted by molar-refractivity contribution is 7.86. The van der Waals surface area contributed by atoms with Gasteiger partial charge in [-0.3, -0.25) is 4.18 Å². The molecule has 0 aromatic heterocycles. The summed E-state index contributed by atoms with van der Waals surface area (Å²) in [5.41, 5.74) is 0.346. The van der Waals surface area contributed by atoms with E-state index in [2.05, 4.69) is 0 Å². The standard InChI is InChI=1S/C23H21ClO9S/c1-30-21(25)16-12-18(31-22(26)14-6-4-3-5-7-14)20(33-34(2,28)29)19(13-16)32-23(27)15-8-10-17(24)11-9-15/h3-11,13,18-20H,12H2,1-2H3/t18-,19-,20+/m1/s1. The molecule has 0 fully saturated rings. The number of hydrogen-bond donors (Lipinski definition) is 0. The van der Waals surface area contributed by atoms with Gasteiger partial charge in [-0.25, -0.2) is 14.4 Å². The zero-order valence-corrected chi connectivity index (χ0v) is 19.7. The molecule has 3 atom stereocenters. The minimum atomic E-state index is -4.08. The van der Waals surface area contributed by atoms with Gasteiger partial charge in [-0.05, 0) is 42.5 Å². The summed E-state index contributed by atoms with van der Waals surface area (Å²) in [6.07, 6.45) is -2.32. The van der Waals surface area contributed by atoms with Crippen LogP contribution >= 0.6 is 11.6 Å². The minimum Gasteiger partial charge on any atom is -0.466 e. The second kappa shape index (κ2) is 10.8. The fraction of sp³-hybridized carbons (Fsp3) is 0.261. The Morgan fingerprint density at radius 3 is 2.06 bits per heavy atom. The first kappa shape index (κ1) is 25.4. The van der Waals surface area contributed by atoms with E-state index in [4.69, 9.17) is 30.0 Å². The molecular formula is C23H21ClO9S. The SMILES string of the molecule is COC(=O)C1=C[C@@H](OC(=O)c2ccc(Cl)cc2)[C@@H](OS(C)(=O)=O)[C@H](OC(=O)c2ccccc2)C1. The number of halogens is 1. The first-order valence-electron chi connectivity index (χ1n) is 9.97. The van der Waals surface area contributed by atoms with Gasteiger partial charge >= 0.3 is 17.9 Å². The molecule has 9 nitrogen and oxygen atoms in total. The second-order valence-corrected chi connectivity index (χ2v) is 9.38. The van der Waals surface area contributed by atoms with Crippen LogP contribution in [0.25, 0.3) is 0 Å². The number of hydrogen-bond acceptors (Lipinski definition) is 9. The van der Waals surface area contributed by atoms with Gasteiger partial charge in [0.25, 0.3) is 10.1 Å². The van der Waals surface area contributed by atoms with Crippen molar-refractivity contribution in [2.75, 3.05) is 13.4 Å². The summed E-state index contributed by atoms with van der Waals surface area (Å²) < 4.78 is 44.9. The van der Waals surface area contributed by atoms with E-state index < -0.39 is 46.3 Å². The molecule has 180 valence electrons. The number of benzene rings is 2. The molecule has 11 heteroatoms. The molecule has 0 N–H and O–H groups in total. The molecule has 2 aromatic carbocycles. The smallest absolute Gasteiger partial charge is 0.338 e. The Morgan fingerprint density at radius 2 is 1.47 bits per heavy atom. The number of ether oxygens (including phenoxy) is 3. The third kappa shape index (κ3) is 6.66. The van der Waals surface area contributed by atoms with Crippen LogP contribution in [0.5, 0.6) is 0 Å². The van der Waals surface area contributed by atoms with E-state index in [0.717, 1.165) is 13.4 Å². The maximum Gasteiger partial charge on any atom is 0.338 e. The van der Waals surface area contributed by atoms with Crippen molar-refractivity contribution in [3.05, 3.63) is 82.4 Å². The molecule has 0 radical (unpaired) electrons. The van der Waals surface area contributed by atoms with E-state index in [1.165, 1.54) is 42.5 Å². The molecule has 34 heavy (non-hydrogen) atoms. The monoisotopic (exact) mass is 508 g/mol.